The molecule has 1 spiro atoms. The van der Waals surface area contributed by atoms with Gasteiger partial charge in [-0.05, 0) is 25.8 Å². The molecular formula is C21H27N3O. The monoisotopic (exact) mass is 337 g/mol. The topological polar surface area (TPSA) is 38.3 Å². The summed E-state index contributed by atoms with van der Waals surface area (Å²) in [5.41, 5.74) is 4.62. The summed E-state index contributed by atoms with van der Waals surface area (Å²) in [6, 6.07) is 10.3. The first kappa shape index (κ1) is 16.7. The molecule has 0 bridgehead atoms. The van der Waals surface area contributed by atoms with Crippen LogP contribution < -0.4 is 0 Å². The molecule has 1 aromatic carbocycles. The van der Waals surface area contributed by atoms with Gasteiger partial charge in [0, 0.05) is 29.9 Å². The van der Waals surface area contributed by atoms with E-state index < -0.39 is 0 Å². The van der Waals surface area contributed by atoms with Crippen molar-refractivity contribution in [3.8, 4) is 11.4 Å². The van der Waals surface area contributed by atoms with Crippen LogP contribution in [-0.4, -0.2) is 41.1 Å². The normalized spacial score (nSPS) is 23.4. The van der Waals surface area contributed by atoms with Gasteiger partial charge in [0.05, 0.1) is 24.3 Å². The van der Waals surface area contributed by atoms with Gasteiger partial charge >= 0.3 is 0 Å². The number of fused-ring (bicyclic) bond motifs is 2. The number of aromatic nitrogens is 2. The standard InChI is InChI=1S/C21H27N3O/c1-15(2)11-24-10-9-21(13-24)14-25-12-18-16(3)22-20(23-19(18)21)17-7-5-4-6-8-17/h4-8,15H,9-14H2,1-3H3. The molecule has 25 heavy (non-hydrogen) atoms. The lowest BCUT2D eigenvalue weighted by Gasteiger charge is -2.35. The second kappa shape index (κ2) is 6.50. The van der Waals surface area contributed by atoms with Gasteiger partial charge in [-0.15, -0.1) is 0 Å². The maximum absolute atomic E-state index is 6.01. The summed E-state index contributed by atoms with van der Waals surface area (Å²) in [6.45, 7) is 11.4. The fraction of sp³-hybridized carbons (Fsp3) is 0.524. The summed E-state index contributed by atoms with van der Waals surface area (Å²) in [5.74, 6) is 1.53. The van der Waals surface area contributed by atoms with Crippen LogP contribution in [0.15, 0.2) is 30.3 Å². The molecular weight excluding hydrogens is 310 g/mol. The third-order valence-electron chi connectivity index (χ3n) is 5.43. The zero-order valence-electron chi connectivity index (χ0n) is 15.5. The van der Waals surface area contributed by atoms with Crippen molar-refractivity contribution in [2.24, 2.45) is 5.92 Å². The van der Waals surface area contributed by atoms with Gasteiger partial charge in [-0.25, -0.2) is 9.97 Å². The number of aryl methyl sites for hydroxylation is 1. The summed E-state index contributed by atoms with van der Waals surface area (Å²) in [6.07, 6.45) is 1.12. The van der Waals surface area contributed by atoms with E-state index in [1.54, 1.807) is 0 Å². The van der Waals surface area contributed by atoms with E-state index in [9.17, 15) is 0 Å². The maximum atomic E-state index is 6.01. The fourth-order valence-corrected chi connectivity index (χ4v) is 4.28. The van der Waals surface area contributed by atoms with Gasteiger partial charge in [0.1, 0.15) is 0 Å². The Hall–Kier alpha value is -1.78. The first-order chi connectivity index (χ1) is 12.1. The zero-order valence-corrected chi connectivity index (χ0v) is 15.5. The Kier molecular flexibility index (Phi) is 4.34. The van der Waals surface area contributed by atoms with Crippen molar-refractivity contribution < 1.29 is 4.74 Å². The lowest BCUT2D eigenvalue weighted by atomic mass is 9.80. The third kappa shape index (κ3) is 3.09. The Bertz CT molecular complexity index is 759. The molecule has 4 heteroatoms. The average molecular weight is 337 g/mol. The molecule has 1 unspecified atom stereocenters. The van der Waals surface area contributed by atoms with Crippen LogP contribution in [0.2, 0.25) is 0 Å². The van der Waals surface area contributed by atoms with Crippen LogP contribution in [0.25, 0.3) is 11.4 Å². The predicted octanol–water partition coefficient (Wildman–Crippen LogP) is 3.58. The SMILES string of the molecule is Cc1nc(-c2ccccc2)nc2c1COCC21CCN(CC(C)C)C1. The van der Waals surface area contributed by atoms with Crippen molar-refractivity contribution in [2.75, 3.05) is 26.2 Å². The Morgan fingerprint density at radius 2 is 2.00 bits per heavy atom. The van der Waals surface area contributed by atoms with Gasteiger partial charge in [0.25, 0.3) is 0 Å². The summed E-state index contributed by atoms with van der Waals surface area (Å²) in [4.78, 5) is 12.4. The number of hydrogen-bond donors (Lipinski definition) is 0. The Morgan fingerprint density at radius 3 is 2.76 bits per heavy atom. The number of nitrogens with zero attached hydrogens (tertiary/aromatic N) is 3. The highest BCUT2D eigenvalue weighted by Gasteiger charge is 2.45. The van der Waals surface area contributed by atoms with E-state index in [0.29, 0.717) is 12.5 Å². The fourth-order valence-electron chi connectivity index (χ4n) is 4.28. The van der Waals surface area contributed by atoms with E-state index in [1.807, 2.05) is 18.2 Å². The van der Waals surface area contributed by atoms with Crippen LogP contribution >= 0.6 is 0 Å². The third-order valence-corrected chi connectivity index (χ3v) is 5.43. The van der Waals surface area contributed by atoms with E-state index in [-0.39, 0.29) is 5.41 Å². The van der Waals surface area contributed by atoms with Gasteiger partial charge < -0.3 is 9.64 Å². The van der Waals surface area contributed by atoms with E-state index in [4.69, 9.17) is 14.7 Å². The predicted molar refractivity (Wildman–Crippen MR) is 99.4 cm³/mol. The highest BCUT2D eigenvalue weighted by atomic mass is 16.5. The molecule has 1 atom stereocenters. The first-order valence-electron chi connectivity index (χ1n) is 9.31. The van der Waals surface area contributed by atoms with Crippen molar-refractivity contribution >= 4 is 0 Å². The van der Waals surface area contributed by atoms with Gasteiger partial charge in [-0.3, -0.25) is 0 Å². The van der Waals surface area contributed by atoms with E-state index in [2.05, 4.69) is 37.8 Å². The maximum Gasteiger partial charge on any atom is 0.159 e. The summed E-state index contributed by atoms with van der Waals surface area (Å²) < 4.78 is 6.01. The molecule has 4 rings (SSSR count). The van der Waals surface area contributed by atoms with E-state index in [1.165, 1.54) is 11.3 Å². The molecule has 132 valence electrons. The molecule has 1 saturated heterocycles. The Labute approximate surface area is 150 Å². The van der Waals surface area contributed by atoms with Crippen molar-refractivity contribution in [1.82, 2.24) is 14.9 Å². The molecule has 2 aliphatic heterocycles. The van der Waals surface area contributed by atoms with Crippen molar-refractivity contribution in [2.45, 2.75) is 39.2 Å². The lowest BCUT2D eigenvalue weighted by molar-refractivity contribution is 0.0496. The number of likely N-dealkylation sites (tertiary alicyclic amines) is 1. The number of hydrogen-bond acceptors (Lipinski definition) is 4. The minimum absolute atomic E-state index is 0.0275. The number of ether oxygens (including phenoxy) is 1. The van der Waals surface area contributed by atoms with E-state index >= 15 is 0 Å². The van der Waals surface area contributed by atoms with Crippen LogP contribution in [-0.2, 0) is 16.8 Å². The van der Waals surface area contributed by atoms with Crippen molar-refractivity contribution in [3.63, 3.8) is 0 Å². The van der Waals surface area contributed by atoms with Gasteiger partial charge in [0.15, 0.2) is 5.82 Å². The molecule has 3 heterocycles. The quantitative estimate of drug-likeness (QED) is 0.858. The van der Waals surface area contributed by atoms with Crippen molar-refractivity contribution in [3.05, 3.63) is 47.3 Å². The van der Waals surface area contributed by atoms with Crippen LogP contribution in [0.4, 0.5) is 0 Å². The van der Waals surface area contributed by atoms with Crippen LogP contribution in [0, 0.1) is 12.8 Å². The summed E-state index contributed by atoms with van der Waals surface area (Å²) in [7, 11) is 0. The van der Waals surface area contributed by atoms with Crippen molar-refractivity contribution in [1.29, 1.82) is 0 Å². The molecule has 4 nitrogen and oxygen atoms in total. The van der Waals surface area contributed by atoms with Gasteiger partial charge in [-0.2, -0.15) is 0 Å². The van der Waals surface area contributed by atoms with Crippen LogP contribution in [0.1, 0.15) is 37.2 Å². The number of rotatable bonds is 3. The van der Waals surface area contributed by atoms with Crippen LogP contribution in [0.5, 0.6) is 0 Å². The number of benzene rings is 1. The molecule has 2 aliphatic rings. The minimum Gasteiger partial charge on any atom is -0.376 e. The molecule has 0 radical (unpaired) electrons. The molecule has 0 N–H and O–H groups in total. The first-order valence-corrected chi connectivity index (χ1v) is 9.31. The largest absolute Gasteiger partial charge is 0.376 e. The van der Waals surface area contributed by atoms with Crippen LogP contribution in [0.3, 0.4) is 0 Å². The second-order valence-electron chi connectivity index (χ2n) is 7.98. The molecule has 1 fully saturated rings. The lowest BCUT2D eigenvalue weighted by Crippen LogP contribution is -2.41. The zero-order chi connectivity index (χ0) is 17.4. The Morgan fingerprint density at radius 1 is 1.20 bits per heavy atom. The molecule has 2 aromatic rings. The molecule has 1 aromatic heterocycles. The highest BCUT2D eigenvalue weighted by molar-refractivity contribution is 5.56. The molecule has 0 saturated carbocycles. The summed E-state index contributed by atoms with van der Waals surface area (Å²) >= 11 is 0. The molecule has 0 amide bonds. The van der Waals surface area contributed by atoms with E-state index in [0.717, 1.165) is 49.7 Å². The highest BCUT2D eigenvalue weighted by Crippen LogP contribution is 2.40. The van der Waals surface area contributed by atoms with Gasteiger partial charge in [-0.1, -0.05) is 44.2 Å². The second-order valence-corrected chi connectivity index (χ2v) is 7.98. The smallest absolute Gasteiger partial charge is 0.159 e. The minimum atomic E-state index is 0.0275. The van der Waals surface area contributed by atoms with Gasteiger partial charge in [0.2, 0.25) is 0 Å². The molecule has 0 aliphatic carbocycles. The summed E-state index contributed by atoms with van der Waals surface area (Å²) in [5, 5.41) is 0. The Balaban J connectivity index is 1.75. The average Bonchev–Trinajstić information content (AvgIpc) is 2.99.